The van der Waals surface area contributed by atoms with Gasteiger partial charge in [0.2, 0.25) is 0 Å². The number of aliphatic hydroxyl groups is 1. The molecule has 3 rings (SSSR count). The SMILES string of the molecule is CCC(CO)n1cnc2scc(-c3ccc(F)cc3)c2c1=O. The Morgan fingerprint density at radius 3 is 2.73 bits per heavy atom. The minimum absolute atomic E-state index is 0.111. The maximum Gasteiger partial charge on any atom is 0.263 e. The van der Waals surface area contributed by atoms with Gasteiger partial charge in [-0.25, -0.2) is 9.37 Å². The summed E-state index contributed by atoms with van der Waals surface area (Å²) in [6.45, 7) is 1.80. The number of hydrogen-bond donors (Lipinski definition) is 1. The molecule has 0 spiro atoms. The van der Waals surface area contributed by atoms with Gasteiger partial charge in [0.05, 0.1) is 24.4 Å². The first kappa shape index (κ1) is 14.9. The van der Waals surface area contributed by atoms with Gasteiger partial charge in [-0.3, -0.25) is 9.36 Å². The zero-order valence-electron chi connectivity index (χ0n) is 12.0. The first-order valence-corrected chi connectivity index (χ1v) is 7.88. The van der Waals surface area contributed by atoms with Crippen molar-refractivity contribution >= 4 is 21.6 Å². The second kappa shape index (κ2) is 5.98. The van der Waals surface area contributed by atoms with Crippen LogP contribution >= 0.6 is 11.3 Å². The van der Waals surface area contributed by atoms with E-state index >= 15 is 0 Å². The lowest BCUT2D eigenvalue weighted by Crippen LogP contribution is -2.26. The second-order valence-electron chi connectivity index (χ2n) is 5.04. The number of nitrogens with zero attached hydrogens (tertiary/aromatic N) is 2. The van der Waals surface area contributed by atoms with Crippen LogP contribution in [0.2, 0.25) is 0 Å². The summed E-state index contributed by atoms with van der Waals surface area (Å²) in [6, 6.07) is 5.76. The van der Waals surface area contributed by atoms with Gasteiger partial charge < -0.3 is 5.11 Å². The summed E-state index contributed by atoms with van der Waals surface area (Å²) in [5.74, 6) is -0.315. The monoisotopic (exact) mass is 318 g/mol. The molecule has 0 fully saturated rings. The van der Waals surface area contributed by atoms with Gasteiger partial charge in [0.25, 0.3) is 5.56 Å². The fourth-order valence-electron chi connectivity index (χ4n) is 2.46. The van der Waals surface area contributed by atoms with E-state index in [9.17, 15) is 14.3 Å². The average Bonchev–Trinajstić information content (AvgIpc) is 2.96. The van der Waals surface area contributed by atoms with Crippen molar-refractivity contribution in [1.82, 2.24) is 9.55 Å². The van der Waals surface area contributed by atoms with Gasteiger partial charge in [0, 0.05) is 10.9 Å². The molecule has 0 radical (unpaired) electrons. The molecule has 0 aliphatic rings. The fraction of sp³-hybridized carbons (Fsp3) is 0.250. The third-order valence-corrected chi connectivity index (χ3v) is 4.64. The summed E-state index contributed by atoms with van der Waals surface area (Å²) in [5, 5.41) is 11.8. The molecule has 1 N–H and O–H groups in total. The van der Waals surface area contributed by atoms with Gasteiger partial charge in [-0.2, -0.15) is 0 Å². The minimum atomic E-state index is -0.315. The highest BCUT2D eigenvalue weighted by molar-refractivity contribution is 7.17. The number of halogens is 1. The standard InChI is InChI=1S/C16H15FN2O2S/c1-2-12(7-20)19-9-18-15-14(16(19)21)13(8-22-15)10-3-5-11(17)6-4-10/h3-6,8-9,12,20H,2,7H2,1H3. The van der Waals surface area contributed by atoms with Gasteiger partial charge in [-0.05, 0) is 24.1 Å². The van der Waals surface area contributed by atoms with E-state index in [0.29, 0.717) is 16.6 Å². The summed E-state index contributed by atoms with van der Waals surface area (Å²) in [7, 11) is 0. The van der Waals surface area contributed by atoms with E-state index in [1.165, 1.54) is 34.4 Å². The van der Waals surface area contributed by atoms with Crippen LogP contribution in [0.1, 0.15) is 19.4 Å². The van der Waals surface area contributed by atoms with Crippen LogP contribution in [0, 0.1) is 5.82 Å². The van der Waals surface area contributed by atoms with E-state index in [0.717, 1.165) is 11.1 Å². The smallest absolute Gasteiger partial charge is 0.263 e. The number of benzene rings is 1. The number of thiophene rings is 1. The normalized spacial score (nSPS) is 12.7. The largest absolute Gasteiger partial charge is 0.394 e. The molecule has 2 aromatic heterocycles. The first-order chi connectivity index (χ1) is 10.7. The molecule has 2 heterocycles. The van der Waals surface area contributed by atoms with Gasteiger partial charge in [0.15, 0.2) is 0 Å². The number of fused-ring (bicyclic) bond motifs is 1. The van der Waals surface area contributed by atoms with Gasteiger partial charge >= 0.3 is 0 Å². The first-order valence-electron chi connectivity index (χ1n) is 7.00. The van der Waals surface area contributed by atoms with Crippen LogP contribution in [-0.4, -0.2) is 21.3 Å². The summed E-state index contributed by atoms with van der Waals surface area (Å²) in [4.78, 5) is 17.7. The molecule has 4 nitrogen and oxygen atoms in total. The summed E-state index contributed by atoms with van der Waals surface area (Å²) in [6.07, 6.45) is 2.12. The van der Waals surface area contributed by atoms with Gasteiger partial charge in [0.1, 0.15) is 10.6 Å². The van der Waals surface area contributed by atoms with Crippen molar-refractivity contribution in [3.63, 3.8) is 0 Å². The van der Waals surface area contributed by atoms with E-state index in [4.69, 9.17) is 0 Å². The highest BCUT2D eigenvalue weighted by atomic mass is 32.1. The maximum atomic E-state index is 13.1. The summed E-state index contributed by atoms with van der Waals surface area (Å²) in [5.41, 5.74) is 1.35. The molecule has 1 atom stereocenters. The summed E-state index contributed by atoms with van der Waals surface area (Å²) >= 11 is 1.38. The molecule has 0 bridgehead atoms. The quantitative estimate of drug-likeness (QED) is 0.803. The zero-order chi connectivity index (χ0) is 15.7. The van der Waals surface area contributed by atoms with Crippen molar-refractivity contribution in [2.75, 3.05) is 6.61 Å². The molecular formula is C16H15FN2O2S. The lowest BCUT2D eigenvalue weighted by molar-refractivity contribution is 0.221. The third kappa shape index (κ3) is 2.44. The fourth-order valence-corrected chi connectivity index (χ4v) is 3.37. The Morgan fingerprint density at radius 2 is 2.09 bits per heavy atom. The van der Waals surface area contributed by atoms with E-state index < -0.39 is 0 Å². The van der Waals surface area contributed by atoms with Crippen molar-refractivity contribution in [3.05, 3.63) is 52.1 Å². The van der Waals surface area contributed by atoms with Crippen LogP contribution in [0.15, 0.2) is 40.8 Å². The molecule has 0 aliphatic carbocycles. The lowest BCUT2D eigenvalue weighted by Gasteiger charge is -2.14. The molecule has 0 saturated heterocycles. The Balaban J connectivity index is 2.23. The molecule has 1 aromatic carbocycles. The topological polar surface area (TPSA) is 55.1 Å². The van der Waals surface area contributed by atoms with Crippen molar-refractivity contribution in [3.8, 4) is 11.1 Å². The highest BCUT2D eigenvalue weighted by Gasteiger charge is 2.16. The molecule has 22 heavy (non-hydrogen) atoms. The van der Waals surface area contributed by atoms with Crippen molar-refractivity contribution in [2.24, 2.45) is 0 Å². The predicted octanol–water partition coefficient (Wildman–Crippen LogP) is 3.21. The minimum Gasteiger partial charge on any atom is -0.394 e. The Hall–Kier alpha value is -2.05. The molecule has 0 amide bonds. The molecule has 6 heteroatoms. The Labute approximate surface area is 130 Å². The Morgan fingerprint density at radius 1 is 1.36 bits per heavy atom. The number of aliphatic hydroxyl groups excluding tert-OH is 1. The zero-order valence-corrected chi connectivity index (χ0v) is 12.8. The van der Waals surface area contributed by atoms with Crippen LogP contribution in [0.25, 0.3) is 21.3 Å². The van der Waals surface area contributed by atoms with Crippen LogP contribution in [0.3, 0.4) is 0 Å². The molecule has 3 aromatic rings. The number of aromatic nitrogens is 2. The van der Waals surface area contributed by atoms with Crippen LogP contribution < -0.4 is 5.56 Å². The lowest BCUT2D eigenvalue weighted by atomic mass is 10.1. The van der Waals surface area contributed by atoms with Crippen molar-refractivity contribution in [2.45, 2.75) is 19.4 Å². The molecule has 1 unspecified atom stereocenters. The Kier molecular flexibility index (Phi) is 4.04. The summed E-state index contributed by atoms with van der Waals surface area (Å²) < 4.78 is 14.6. The van der Waals surface area contributed by atoms with Crippen LogP contribution in [0.5, 0.6) is 0 Å². The molecule has 114 valence electrons. The van der Waals surface area contributed by atoms with E-state index in [1.807, 2.05) is 12.3 Å². The highest BCUT2D eigenvalue weighted by Crippen LogP contribution is 2.31. The van der Waals surface area contributed by atoms with Crippen LogP contribution in [-0.2, 0) is 0 Å². The van der Waals surface area contributed by atoms with E-state index in [-0.39, 0.29) is 24.0 Å². The van der Waals surface area contributed by atoms with Crippen molar-refractivity contribution < 1.29 is 9.50 Å². The predicted molar refractivity (Wildman–Crippen MR) is 85.7 cm³/mol. The second-order valence-corrected chi connectivity index (χ2v) is 5.90. The van der Waals surface area contributed by atoms with Gasteiger partial charge in [-0.1, -0.05) is 19.1 Å². The number of rotatable bonds is 4. The number of hydrogen-bond acceptors (Lipinski definition) is 4. The molecule has 0 saturated carbocycles. The van der Waals surface area contributed by atoms with Gasteiger partial charge in [-0.15, -0.1) is 11.3 Å². The van der Waals surface area contributed by atoms with Crippen LogP contribution in [0.4, 0.5) is 4.39 Å². The van der Waals surface area contributed by atoms with E-state index in [1.54, 1.807) is 12.1 Å². The Bertz CT molecular complexity index is 851. The maximum absolute atomic E-state index is 13.1. The van der Waals surface area contributed by atoms with E-state index in [2.05, 4.69) is 4.98 Å². The molecular weight excluding hydrogens is 303 g/mol. The molecule has 0 aliphatic heterocycles. The third-order valence-electron chi connectivity index (χ3n) is 3.75. The average molecular weight is 318 g/mol. The van der Waals surface area contributed by atoms with Crippen molar-refractivity contribution in [1.29, 1.82) is 0 Å².